The molecule has 0 fully saturated rings. The van der Waals surface area contributed by atoms with Gasteiger partial charge in [0.1, 0.15) is 12.7 Å². The predicted octanol–water partition coefficient (Wildman–Crippen LogP) is 2.03. The molecule has 0 radical (unpaired) electrons. The van der Waals surface area contributed by atoms with E-state index in [0.717, 1.165) is 16.8 Å². The third kappa shape index (κ3) is 2.47. The smallest absolute Gasteiger partial charge is 0.182 e. The lowest BCUT2D eigenvalue weighted by atomic mass is 10.2. The minimum Gasteiger partial charge on any atom is -0.233 e. The first-order chi connectivity index (χ1) is 9.33. The second-order valence-electron chi connectivity index (χ2n) is 4.29. The summed E-state index contributed by atoms with van der Waals surface area (Å²) < 4.78 is 1.97. The normalized spacial score (nSPS) is 10.4. The van der Waals surface area contributed by atoms with E-state index in [1.54, 1.807) is 6.20 Å². The highest BCUT2D eigenvalue weighted by Crippen LogP contribution is 2.16. The summed E-state index contributed by atoms with van der Waals surface area (Å²) in [6, 6.07) is 13.9. The summed E-state index contributed by atoms with van der Waals surface area (Å²) in [5.41, 5.74) is 2.77. The maximum Gasteiger partial charge on any atom is 0.182 e. The van der Waals surface area contributed by atoms with Crippen LogP contribution in [0.4, 0.5) is 0 Å². The molecule has 4 heteroatoms. The second kappa shape index (κ2) is 4.94. The summed E-state index contributed by atoms with van der Waals surface area (Å²) in [7, 11) is 1.97. The lowest BCUT2D eigenvalue weighted by molar-refractivity contribution is -0.671. The van der Waals surface area contributed by atoms with Gasteiger partial charge in [0.2, 0.25) is 0 Å². The SMILES string of the molecule is C[n+]1ccc(-c2ncc(-c3ccccc3)nn2)cc1. The van der Waals surface area contributed by atoms with Crippen LogP contribution in [0.2, 0.25) is 0 Å². The van der Waals surface area contributed by atoms with E-state index in [2.05, 4.69) is 15.2 Å². The molecule has 0 N–H and O–H groups in total. The van der Waals surface area contributed by atoms with Crippen LogP contribution < -0.4 is 4.57 Å². The summed E-state index contributed by atoms with van der Waals surface area (Å²) in [6.07, 6.45) is 5.68. The van der Waals surface area contributed by atoms with Crippen LogP contribution in [-0.2, 0) is 7.05 Å². The second-order valence-corrected chi connectivity index (χ2v) is 4.29. The quantitative estimate of drug-likeness (QED) is 0.653. The van der Waals surface area contributed by atoms with Crippen LogP contribution in [-0.4, -0.2) is 15.2 Å². The van der Waals surface area contributed by atoms with Crippen LogP contribution >= 0.6 is 0 Å². The van der Waals surface area contributed by atoms with Crippen molar-refractivity contribution in [3.63, 3.8) is 0 Å². The Kier molecular flexibility index (Phi) is 2.98. The lowest BCUT2D eigenvalue weighted by Crippen LogP contribution is -2.25. The number of aromatic nitrogens is 4. The van der Waals surface area contributed by atoms with E-state index in [9.17, 15) is 0 Å². The van der Waals surface area contributed by atoms with E-state index in [1.165, 1.54) is 0 Å². The first-order valence-electron chi connectivity index (χ1n) is 6.04. The summed E-state index contributed by atoms with van der Waals surface area (Å²) >= 11 is 0. The molecule has 0 aliphatic heterocycles. The van der Waals surface area contributed by atoms with Gasteiger partial charge in [-0.2, -0.15) is 0 Å². The van der Waals surface area contributed by atoms with Gasteiger partial charge in [-0.25, -0.2) is 9.55 Å². The topological polar surface area (TPSA) is 42.5 Å². The molecular weight excluding hydrogens is 236 g/mol. The van der Waals surface area contributed by atoms with Crippen molar-refractivity contribution in [2.24, 2.45) is 7.05 Å². The molecule has 0 unspecified atom stereocenters. The van der Waals surface area contributed by atoms with Crippen molar-refractivity contribution < 1.29 is 4.57 Å². The van der Waals surface area contributed by atoms with Gasteiger partial charge >= 0.3 is 0 Å². The summed E-state index contributed by atoms with van der Waals surface area (Å²) in [5.74, 6) is 0.639. The summed E-state index contributed by atoms with van der Waals surface area (Å²) in [4.78, 5) is 4.37. The van der Waals surface area contributed by atoms with Gasteiger partial charge < -0.3 is 0 Å². The number of nitrogens with zero attached hydrogens (tertiary/aromatic N) is 4. The maximum atomic E-state index is 4.37. The largest absolute Gasteiger partial charge is 0.233 e. The van der Waals surface area contributed by atoms with Crippen molar-refractivity contribution in [3.05, 3.63) is 61.1 Å². The Morgan fingerprint density at radius 2 is 1.58 bits per heavy atom. The zero-order valence-corrected chi connectivity index (χ0v) is 10.6. The molecule has 4 nitrogen and oxygen atoms in total. The fourth-order valence-electron chi connectivity index (χ4n) is 1.80. The zero-order chi connectivity index (χ0) is 13.1. The summed E-state index contributed by atoms with van der Waals surface area (Å²) in [6.45, 7) is 0. The maximum absolute atomic E-state index is 4.37. The Bertz CT molecular complexity index is 661. The van der Waals surface area contributed by atoms with E-state index in [0.29, 0.717) is 5.82 Å². The van der Waals surface area contributed by atoms with E-state index in [1.807, 2.05) is 66.5 Å². The Morgan fingerprint density at radius 3 is 2.21 bits per heavy atom. The number of benzene rings is 1. The average Bonchev–Trinajstić information content (AvgIpc) is 2.49. The van der Waals surface area contributed by atoms with Crippen LogP contribution in [0.5, 0.6) is 0 Å². The molecule has 1 aromatic carbocycles. The van der Waals surface area contributed by atoms with E-state index in [4.69, 9.17) is 0 Å². The monoisotopic (exact) mass is 249 g/mol. The molecule has 3 aromatic rings. The van der Waals surface area contributed by atoms with Crippen molar-refractivity contribution in [3.8, 4) is 22.6 Å². The molecule has 0 saturated heterocycles. The third-order valence-electron chi connectivity index (χ3n) is 2.87. The predicted molar refractivity (Wildman–Crippen MR) is 71.9 cm³/mol. The summed E-state index contributed by atoms with van der Waals surface area (Å²) in [5, 5.41) is 8.41. The van der Waals surface area contributed by atoms with Crippen molar-refractivity contribution >= 4 is 0 Å². The molecule has 0 amide bonds. The molecule has 0 aliphatic rings. The van der Waals surface area contributed by atoms with Gasteiger partial charge in [0.05, 0.1) is 6.20 Å². The van der Waals surface area contributed by atoms with Crippen molar-refractivity contribution in [1.29, 1.82) is 0 Å². The molecule has 3 rings (SSSR count). The van der Waals surface area contributed by atoms with Gasteiger partial charge in [0, 0.05) is 23.3 Å². The van der Waals surface area contributed by atoms with Crippen LogP contribution in [0.15, 0.2) is 61.1 Å². The van der Waals surface area contributed by atoms with Gasteiger partial charge in [-0.15, -0.1) is 10.2 Å². The van der Waals surface area contributed by atoms with Gasteiger partial charge in [-0.1, -0.05) is 30.3 Å². The molecule has 0 atom stereocenters. The number of pyridine rings is 1. The Morgan fingerprint density at radius 1 is 0.842 bits per heavy atom. The van der Waals surface area contributed by atoms with E-state index in [-0.39, 0.29) is 0 Å². The van der Waals surface area contributed by atoms with Crippen LogP contribution in [0.1, 0.15) is 0 Å². The fourth-order valence-corrected chi connectivity index (χ4v) is 1.80. The Balaban J connectivity index is 1.93. The van der Waals surface area contributed by atoms with Crippen molar-refractivity contribution in [2.75, 3.05) is 0 Å². The molecule has 0 aliphatic carbocycles. The molecule has 0 spiro atoms. The van der Waals surface area contributed by atoms with Gasteiger partial charge in [0.25, 0.3) is 0 Å². The van der Waals surface area contributed by atoms with Crippen molar-refractivity contribution in [1.82, 2.24) is 15.2 Å². The van der Waals surface area contributed by atoms with E-state index < -0.39 is 0 Å². The standard InChI is InChI=1S/C15H13N4/c1-19-9-7-13(8-10-19)15-16-11-14(17-18-15)12-5-3-2-4-6-12/h2-11H,1H3/q+1. The highest BCUT2D eigenvalue weighted by Gasteiger charge is 2.05. The first-order valence-corrected chi connectivity index (χ1v) is 6.04. The number of rotatable bonds is 2. The van der Waals surface area contributed by atoms with E-state index >= 15 is 0 Å². The molecular formula is C15H13N4+. The Hall–Kier alpha value is -2.62. The third-order valence-corrected chi connectivity index (χ3v) is 2.87. The number of hydrogen-bond donors (Lipinski definition) is 0. The number of hydrogen-bond acceptors (Lipinski definition) is 3. The van der Waals surface area contributed by atoms with Crippen molar-refractivity contribution in [2.45, 2.75) is 0 Å². The van der Waals surface area contributed by atoms with Crippen LogP contribution in [0, 0.1) is 0 Å². The first kappa shape index (κ1) is 11.5. The molecule has 92 valence electrons. The van der Waals surface area contributed by atoms with Gasteiger partial charge in [-0.05, 0) is 0 Å². The number of aryl methyl sites for hydroxylation is 1. The molecule has 0 saturated carbocycles. The minimum absolute atomic E-state index is 0.639. The highest BCUT2D eigenvalue weighted by molar-refractivity contribution is 5.59. The molecule has 2 aromatic heterocycles. The molecule has 0 bridgehead atoms. The van der Waals surface area contributed by atoms with Gasteiger partial charge in [0.15, 0.2) is 18.2 Å². The van der Waals surface area contributed by atoms with Crippen LogP contribution in [0.25, 0.3) is 22.6 Å². The Labute approximate surface area is 111 Å². The van der Waals surface area contributed by atoms with Gasteiger partial charge in [-0.3, -0.25) is 0 Å². The highest BCUT2D eigenvalue weighted by atomic mass is 15.2. The fraction of sp³-hybridized carbons (Fsp3) is 0.0667. The van der Waals surface area contributed by atoms with Crippen LogP contribution in [0.3, 0.4) is 0 Å². The lowest BCUT2D eigenvalue weighted by Gasteiger charge is -2.01. The minimum atomic E-state index is 0.639. The average molecular weight is 249 g/mol. The molecule has 19 heavy (non-hydrogen) atoms. The zero-order valence-electron chi connectivity index (χ0n) is 10.6. The molecule has 2 heterocycles.